The third-order valence-corrected chi connectivity index (χ3v) is 5.22. The fourth-order valence-electron chi connectivity index (χ4n) is 3.58. The quantitative estimate of drug-likeness (QED) is 0.724. The smallest absolute Gasteiger partial charge is 0.319 e. The molecule has 0 aromatic heterocycles. The molecule has 0 spiro atoms. The molecule has 0 atom stereocenters. The molecule has 2 aromatic rings. The number of rotatable bonds is 4. The molecule has 0 aliphatic heterocycles. The summed E-state index contributed by atoms with van der Waals surface area (Å²) < 4.78 is 14.4. The first-order valence-electron chi connectivity index (χ1n) is 8.81. The number of urea groups is 1. The molecule has 2 aromatic carbocycles. The monoisotopic (exact) mass is 389 g/mol. The van der Waals surface area contributed by atoms with Crippen molar-refractivity contribution in [1.82, 2.24) is 10.6 Å². The number of carbonyl (C=O) groups is 2. The number of nitrogens with one attached hydrogen (secondary N) is 3. The van der Waals surface area contributed by atoms with E-state index < -0.39 is 11.6 Å². The number of amides is 3. The van der Waals surface area contributed by atoms with Crippen molar-refractivity contribution in [2.24, 2.45) is 0 Å². The first-order chi connectivity index (χ1) is 12.9. The summed E-state index contributed by atoms with van der Waals surface area (Å²) in [6, 6.07) is 10.7. The van der Waals surface area contributed by atoms with Crippen LogP contribution in [0.2, 0.25) is 5.02 Å². The van der Waals surface area contributed by atoms with Crippen molar-refractivity contribution < 1.29 is 14.0 Å². The standard InChI is InChI=1S/C20H21ClFN3O2/c1-23-18(26)14-12-13(8-9-16(14)21)24-19(27)25-20(10-4-5-11-20)15-6-2-3-7-17(15)22/h2-3,6-9,12H,4-5,10-11H2,1H3,(H,23,26)(H2,24,25,27). The average Bonchev–Trinajstić information content (AvgIpc) is 3.12. The summed E-state index contributed by atoms with van der Waals surface area (Å²) in [7, 11) is 1.50. The number of hydrogen-bond acceptors (Lipinski definition) is 2. The fraction of sp³-hybridized carbons (Fsp3) is 0.300. The number of hydrogen-bond donors (Lipinski definition) is 3. The summed E-state index contributed by atoms with van der Waals surface area (Å²) >= 11 is 6.03. The van der Waals surface area contributed by atoms with Crippen LogP contribution in [0.15, 0.2) is 42.5 Å². The average molecular weight is 390 g/mol. The van der Waals surface area contributed by atoms with Crippen molar-refractivity contribution >= 4 is 29.2 Å². The predicted molar refractivity (Wildman–Crippen MR) is 104 cm³/mol. The zero-order valence-electron chi connectivity index (χ0n) is 14.9. The van der Waals surface area contributed by atoms with Crippen molar-refractivity contribution in [3.05, 3.63) is 64.4 Å². The molecule has 0 saturated heterocycles. The summed E-state index contributed by atoms with van der Waals surface area (Å²) in [5, 5.41) is 8.46. The van der Waals surface area contributed by atoms with E-state index in [2.05, 4.69) is 16.0 Å². The maximum Gasteiger partial charge on any atom is 0.319 e. The Bertz CT molecular complexity index is 866. The highest BCUT2D eigenvalue weighted by Gasteiger charge is 2.39. The largest absolute Gasteiger partial charge is 0.355 e. The summed E-state index contributed by atoms with van der Waals surface area (Å²) in [6.45, 7) is 0. The van der Waals surface area contributed by atoms with Gasteiger partial charge in [-0.1, -0.05) is 42.6 Å². The Balaban J connectivity index is 1.80. The first-order valence-corrected chi connectivity index (χ1v) is 9.19. The summed E-state index contributed by atoms with van der Waals surface area (Å²) in [5.41, 5.74) is 0.463. The van der Waals surface area contributed by atoms with E-state index in [0.29, 0.717) is 29.1 Å². The minimum absolute atomic E-state index is 0.265. The van der Waals surface area contributed by atoms with Gasteiger partial charge in [-0.25, -0.2) is 9.18 Å². The van der Waals surface area contributed by atoms with Gasteiger partial charge in [0, 0.05) is 18.3 Å². The lowest BCUT2D eigenvalue weighted by molar-refractivity contribution is 0.0963. The van der Waals surface area contributed by atoms with Crippen LogP contribution in [0.1, 0.15) is 41.6 Å². The lowest BCUT2D eigenvalue weighted by atomic mass is 9.88. The number of anilines is 1. The molecule has 0 unspecified atom stereocenters. The normalized spacial score (nSPS) is 15.2. The van der Waals surface area contributed by atoms with E-state index >= 15 is 0 Å². The number of halogens is 2. The zero-order valence-corrected chi connectivity index (χ0v) is 15.7. The molecule has 3 N–H and O–H groups in total. The molecule has 27 heavy (non-hydrogen) atoms. The molecule has 0 heterocycles. The number of carbonyl (C=O) groups excluding carboxylic acids is 2. The highest BCUT2D eigenvalue weighted by Crippen LogP contribution is 2.39. The molecule has 1 saturated carbocycles. The lowest BCUT2D eigenvalue weighted by Crippen LogP contribution is -2.46. The second kappa shape index (κ2) is 7.96. The Morgan fingerprint density at radius 3 is 2.48 bits per heavy atom. The van der Waals surface area contributed by atoms with Crippen LogP contribution in [0.5, 0.6) is 0 Å². The minimum Gasteiger partial charge on any atom is -0.355 e. The van der Waals surface area contributed by atoms with E-state index in [1.165, 1.54) is 19.2 Å². The van der Waals surface area contributed by atoms with Gasteiger partial charge in [0.25, 0.3) is 5.91 Å². The Kier molecular flexibility index (Phi) is 5.65. The Hall–Kier alpha value is -2.60. The number of benzene rings is 2. The molecule has 3 rings (SSSR count). The van der Waals surface area contributed by atoms with Gasteiger partial charge in [0.2, 0.25) is 0 Å². The molecule has 0 radical (unpaired) electrons. The van der Waals surface area contributed by atoms with Gasteiger partial charge in [-0.2, -0.15) is 0 Å². The van der Waals surface area contributed by atoms with Crippen molar-refractivity contribution in [3.63, 3.8) is 0 Å². The van der Waals surface area contributed by atoms with E-state index in [0.717, 1.165) is 12.8 Å². The van der Waals surface area contributed by atoms with Gasteiger partial charge in [-0.15, -0.1) is 0 Å². The van der Waals surface area contributed by atoms with Gasteiger partial charge in [0.15, 0.2) is 0 Å². The van der Waals surface area contributed by atoms with Crippen LogP contribution in [0.3, 0.4) is 0 Å². The molecule has 1 aliphatic rings. The summed E-state index contributed by atoms with van der Waals surface area (Å²) in [4.78, 5) is 24.5. The molecule has 0 bridgehead atoms. The zero-order chi connectivity index (χ0) is 19.4. The summed E-state index contributed by atoms with van der Waals surface area (Å²) in [6.07, 6.45) is 3.17. The van der Waals surface area contributed by atoms with Crippen LogP contribution >= 0.6 is 11.6 Å². The third-order valence-electron chi connectivity index (χ3n) is 4.90. The molecule has 1 aliphatic carbocycles. The van der Waals surface area contributed by atoms with Crippen LogP contribution in [-0.4, -0.2) is 19.0 Å². The molecule has 7 heteroatoms. The van der Waals surface area contributed by atoms with Crippen LogP contribution < -0.4 is 16.0 Å². The van der Waals surface area contributed by atoms with Gasteiger partial charge in [0.05, 0.1) is 16.1 Å². The third kappa shape index (κ3) is 4.06. The fourth-order valence-corrected chi connectivity index (χ4v) is 3.78. The Labute approximate surface area is 162 Å². The molecule has 5 nitrogen and oxygen atoms in total. The highest BCUT2D eigenvalue weighted by molar-refractivity contribution is 6.34. The van der Waals surface area contributed by atoms with Crippen molar-refractivity contribution in [2.75, 3.05) is 12.4 Å². The van der Waals surface area contributed by atoms with E-state index in [1.54, 1.807) is 30.3 Å². The van der Waals surface area contributed by atoms with E-state index in [-0.39, 0.29) is 17.3 Å². The molecule has 1 fully saturated rings. The maximum atomic E-state index is 14.4. The van der Waals surface area contributed by atoms with Crippen LogP contribution in [0.4, 0.5) is 14.9 Å². The Morgan fingerprint density at radius 2 is 1.81 bits per heavy atom. The second-order valence-electron chi connectivity index (χ2n) is 6.62. The second-order valence-corrected chi connectivity index (χ2v) is 7.03. The van der Waals surface area contributed by atoms with Gasteiger partial charge in [0.1, 0.15) is 5.82 Å². The lowest BCUT2D eigenvalue weighted by Gasteiger charge is -2.31. The van der Waals surface area contributed by atoms with Crippen molar-refractivity contribution in [3.8, 4) is 0 Å². The van der Waals surface area contributed by atoms with Crippen LogP contribution in [-0.2, 0) is 5.54 Å². The molecule has 142 valence electrons. The van der Waals surface area contributed by atoms with Crippen LogP contribution in [0.25, 0.3) is 0 Å². The molecular weight excluding hydrogens is 369 g/mol. The summed E-state index contributed by atoms with van der Waals surface area (Å²) in [5.74, 6) is -0.671. The van der Waals surface area contributed by atoms with Gasteiger partial charge in [-0.05, 0) is 37.1 Å². The predicted octanol–water partition coefficient (Wildman–Crippen LogP) is 4.43. The van der Waals surface area contributed by atoms with Crippen LogP contribution in [0, 0.1) is 5.82 Å². The van der Waals surface area contributed by atoms with E-state index in [9.17, 15) is 14.0 Å². The SMILES string of the molecule is CNC(=O)c1cc(NC(=O)NC2(c3ccccc3F)CCCC2)ccc1Cl. The highest BCUT2D eigenvalue weighted by atomic mass is 35.5. The topological polar surface area (TPSA) is 70.2 Å². The van der Waals surface area contributed by atoms with Gasteiger partial charge in [-0.3, -0.25) is 4.79 Å². The van der Waals surface area contributed by atoms with Gasteiger partial charge < -0.3 is 16.0 Å². The van der Waals surface area contributed by atoms with E-state index in [4.69, 9.17) is 11.6 Å². The van der Waals surface area contributed by atoms with Crippen molar-refractivity contribution in [1.29, 1.82) is 0 Å². The first kappa shape index (κ1) is 19.2. The minimum atomic E-state index is -0.731. The maximum absolute atomic E-state index is 14.4. The van der Waals surface area contributed by atoms with Gasteiger partial charge >= 0.3 is 6.03 Å². The Morgan fingerprint density at radius 1 is 1.11 bits per heavy atom. The van der Waals surface area contributed by atoms with E-state index in [1.807, 2.05) is 0 Å². The molecular formula is C20H21ClFN3O2. The van der Waals surface area contributed by atoms with Crippen molar-refractivity contribution in [2.45, 2.75) is 31.2 Å². The molecule has 3 amide bonds.